The van der Waals surface area contributed by atoms with Gasteiger partial charge in [-0.1, -0.05) is 15.9 Å². The van der Waals surface area contributed by atoms with Gasteiger partial charge in [-0.15, -0.1) is 0 Å². The number of imidazole rings is 1. The van der Waals surface area contributed by atoms with E-state index in [0.29, 0.717) is 25.7 Å². The van der Waals surface area contributed by atoms with Crippen molar-refractivity contribution >= 4 is 44.0 Å². The lowest BCUT2D eigenvalue weighted by Gasteiger charge is -2.40. The number of halogens is 1. The van der Waals surface area contributed by atoms with E-state index in [1.165, 1.54) is 0 Å². The van der Waals surface area contributed by atoms with Crippen LogP contribution in [0.15, 0.2) is 28.9 Å². The van der Waals surface area contributed by atoms with Crippen LogP contribution in [0.3, 0.4) is 0 Å². The molecule has 8 heteroatoms. The zero-order chi connectivity index (χ0) is 20.1. The van der Waals surface area contributed by atoms with Crippen molar-refractivity contribution in [3.63, 3.8) is 0 Å². The summed E-state index contributed by atoms with van der Waals surface area (Å²) >= 11 is 3.55. The van der Waals surface area contributed by atoms with Crippen LogP contribution >= 0.6 is 15.9 Å². The maximum Gasteiger partial charge on any atom is 0.410 e. The predicted octanol–water partition coefficient (Wildman–Crippen LogP) is 4.54. The van der Waals surface area contributed by atoms with Crippen LogP contribution in [0.25, 0.3) is 21.9 Å². The van der Waals surface area contributed by atoms with Crippen LogP contribution < -0.4 is 4.74 Å². The highest BCUT2D eigenvalue weighted by atomic mass is 79.9. The van der Waals surface area contributed by atoms with Gasteiger partial charge in [0.2, 0.25) is 0 Å². The summed E-state index contributed by atoms with van der Waals surface area (Å²) in [7, 11) is 0. The Morgan fingerprint density at radius 1 is 1.29 bits per heavy atom. The summed E-state index contributed by atoms with van der Waals surface area (Å²) in [4.78, 5) is 23.2. The number of hydrogen-bond donors (Lipinski definition) is 0. The number of hydrogen-bond acceptors (Lipinski definition) is 5. The second-order valence-electron chi connectivity index (χ2n) is 7.89. The second kappa shape index (κ2) is 6.92. The Bertz CT molecular complexity index is 1050. The largest absolute Gasteiger partial charge is 0.465 e. The molecule has 28 heavy (non-hydrogen) atoms. The van der Waals surface area contributed by atoms with Crippen LogP contribution in [-0.2, 0) is 4.74 Å². The van der Waals surface area contributed by atoms with Crippen molar-refractivity contribution in [2.75, 3.05) is 19.7 Å². The Hall–Kier alpha value is -2.35. The molecule has 1 amide bonds. The van der Waals surface area contributed by atoms with Gasteiger partial charge < -0.3 is 14.4 Å². The Morgan fingerprint density at radius 2 is 2.04 bits per heavy atom. The van der Waals surface area contributed by atoms with Crippen molar-refractivity contribution in [3.05, 3.63) is 28.9 Å². The molecule has 2 aromatic heterocycles. The first-order valence-electron chi connectivity index (χ1n) is 9.33. The van der Waals surface area contributed by atoms with Crippen molar-refractivity contribution in [3.8, 4) is 6.01 Å². The standard InChI is InChI=1S/C20H23BrN4O3/c1-5-27-18-23-16-9-22-15-7-6-12(21)8-14(15)17(16)25(18)13-10-24(11-13)19(26)28-20(2,3)4/h6-9,13H,5,10-11H2,1-4H3. The summed E-state index contributed by atoms with van der Waals surface area (Å²) < 4.78 is 14.4. The number of rotatable bonds is 3. The number of fused-ring (bicyclic) bond motifs is 3. The number of benzene rings is 1. The van der Waals surface area contributed by atoms with E-state index in [2.05, 4.69) is 30.5 Å². The van der Waals surface area contributed by atoms with E-state index in [0.717, 1.165) is 26.4 Å². The number of likely N-dealkylation sites (tertiary alicyclic amines) is 1. The van der Waals surface area contributed by atoms with E-state index >= 15 is 0 Å². The van der Waals surface area contributed by atoms with Crippen molar-refractivity contribution in [2.45, 2.75) is 39.3 Å². The highest BCUT2D eigenvalue weighted by molar-refractivity contribution is 9.10. The van der Waals surface area contributed by atoms with E-state index in [-0.39, 0.29) is 12.1 Å². The Balaban J connectivity index is 1.73. The number of carbonyl (C=O) groups excluding carboxylic acids is 1. The smallest absolute Gasteiger partial charge is 0.410 e. The lowest BCUT2D eigenvalue weighted by atomic mass is 10.1. The van der Waals surface area contributed by atoms with Crippen LogP contribution in [0.5, 0.6) is 6.01 Å². The van der Waals surface area contributed by atoms with E-state index in [9.17, 15) is 4.79 Å². The molecule has 0 radical (unpaired) electrons. The number of ether oxygens (including phenoxy) is 2. The normalized spacial score (nSPS) is 15.1. The number of amides is 1. The molecule has 148 valence electrons. The maximum absolute atomic E-state index is 12.3. The molecule has 0 atom stereocenters. The summed E-state index contributed by atoms with van der Waals surface area (Å²) in [5.41, 5.74) is 2.14. The van der Waals surface area contributed by atoms with Crippen molar-refractivity contribution < 1.29 is 14.3 Å². The molecule has 0 aliphatic carbocycles. The van der Waals surface area contributed by atoms with Gasteiger partial charge in [-0.25, -0.2) is 4.79 Å². The van der Waals surface area contributed by atoms with Gasteiger partial charge in [-0.05, 0) is 45.9 Å². The van der Waals surface area contributed by atoms with E-state index in [1.54, 1.807) is 11.1 Å². The van der Waals surface area contributed by atoms with Gasteiger partial charge >= 0.3 is 6.09 Å². The van der Waals surface area contributed by atoms with E-state index < -0.39 is 5.60 Å². The molecule has 1 aliphatic heterocycles. The lowest BCUT2D eigenvalue weighted by molar-refractivity contribution is 0.000550. The Morgan fingerprint density at radius 3 is 2.71 bits per heavy atom. The molecule has 1 aliphatic rings. The van der Waals surface area contributed by atoms with Gasteiger partial charge in [0.25, 0.3) is 6.01 Å². The van der Waals surface area contributed by atoms with Gasteiger partial charge in [0.15, 0.2) is 0 Å². The van der Waals surface area contributed by atoms with Gasteiger partial charge in [-0.3, -0.25) is 9.55 Å². The summed E-state index contributed by atoms with van der Waals surface area (Å²) in [6.45, 7) is 9.17. The molecule has 3 aromatic rings. The minimum Gasteiger partial charge on any atom is -0.465 e. The number of nitrogens with zero attached hydrogens (tertiary/aromatic N) is 4. The first kappa shape index (κ1) is 19.0. The zero-order valence-electron chi connectivity index (χ0n) is 16.4. The van der Waals surface area contributed by atoms with Crippen LogP contribution in [-0.4, -0.2) is 50.8 Å². The van der Waals surface area contributed by atoms with Crippen LogP contribution in [0, 0.1) is 0 Å². The minimum atomic E-state index is -0.505. The molecule has 7 nitrogen and oxygen atoms in total. The minimum absolute atomic E-state index is 0.0728. The van der Waals surface area contributed by atoms with E-state index in [4.69, 9.17) is 9.47 Å². The Labute approximate surface area is 171 Å². The maximum atomic E-state index is 12.3. The average molecular weight is 447 g/mol. The lowest BCUT2D eigenvalue weighted by Crippen LogP contribution is -2.52. The fraction of sp³-hybridized carbons (Fsp3) is 0.450. The van der Waals surface area contributed by atoms with Gasteiger partial charge in [0.1, 0.15) is 11.1 Å². The summed E-state index contributed by atoms with van der Waals surface area (Å²) in [5.74, 6) is 0. The monoisotopic (exact) mass is 446 g/mol. The van der Waals surface area contributed by atoms with Crippen molar-refractivity contribution in [1.29, 1.82) is 0 Å². The zero-order valence-corrected chi connectivity index (χ0v) is 18.0. The summed E-state index contributed by atoms with van der Waals surface area (Å²) in [5, 5.41) is 1.00. The van der Waals surface area contributed by atoms with Crippen molar-refractivity contribution in [1.82, 2.24) is 19.4 Å². The molecule has 0 bridgehead atoms. The van der Waals surface area contributed by atoms with Crippen LogP contribution in [0.2, 0.25) is 0 Å². The first-order chi connectivity index (χ1) is 13.3. The molecule has 0 saturated carbocycles. The molecule has 0 spiro atoms. The SMILES string of the molecule is CCOc1nc2cnc3ccc(Br)cc3c2n1C1CN(C(=O)OC(C)(C)C)C1. The van der Waals surface area contributed by atoms with Gasteiger partial charge in [0.05, 0.1) is 29.9 Å². The summed E-state index contributed by atoms with van der Waals surface area (Å²) in [6, 6.07) is 6.62. The molecular weight excluding hydrogens is 424 g/mol. The molecule has 3 heterocycles. The fourth-order valence-electron chi connectivity index (χ4n) is 3.39. The van der Waals surface area contributed by atoms with Crippen LogP contribution in [0.1, 0.15) is 33.7 Å². The molecule has 0 N–H and O–H groups in total. The molecular formula is C20H23BrN4O3. The molecule has 1 aromatic carbocycles. The number of aromatic nitrogens is 3. The average Bonchev–Trinajstić information content (AvgIpc) is 2.91. The topological polar surface area (TPSA) is 69.5 Å². The first-order valence-corrected chi connectivity index (χ1v) is 10.1. The predicted molar refractivity (Wildman–Crippen MR) is 111 cm³/mol. The highest BCUT2D eigenvalue weighted by Crippen LogP contribution is 2.36. The van der Waals surface area contributed by atoms with E-state index in [1.807, 2.05) is 45.9 Å². The molecule has 1 saturated heterocycles. The molecule has 4 rings (SSSR count). The van der Waals surface area contributed by atoms with Crippen LogP contribution in [0.4, 0.5) is 4.79 Å². The number of pyridine rings is 1. The quantitative estimate of drug-likeness (QED) is 0.590. The second-order valence-corrected chi connectivity index (χ2v) is 8.81. The fourth-order valence-corrected chi connectivity index (χ4v) is 3.75. The molecule has 0 unspecified atom stereocenters. The summed E-state index contributed by atoms with van der Waals surface area (Å²) in [6.07, 6.45) is 1.48. The van der Waals surface area contributed by atoms with Crippen molar-refractivity contribution in [2.24, 2.45) is 0 Å². The van der Waals surface area contributed by atoms with Gasteiger partial charge in [0, 0.05) is 22.9 Å². The Kier molecular flexibility index (Phi) is 4.69. The number of carbonyl (C=O) groups is 1. The third-order valence-corrected chi connectivity index (χ3v) is 5.09. The third-order valence-electron chi connectivity index (χ3n) is 4.60. The third kappa shape index (κ3) is 3.41. The molecule has 1 fully saturated rings. The van der Waals surface area contributed by atoms with Gasteiger partial charge in [-0.2, -0.15) is 4.98 Å². The highest BCUT2D eigenvalue weighted by Gasteiger charge is 2.37.